The van der Waals surface area contributed by atoms with E-state index in [1.807, 2.05) is 20.8 Å². The summed E-state index contributed by atoms with van der Waals surface area (Å²) in [5, 5.41) is 3.07. The van der Waals surface area contributed by atoms with Crippen LogP contribution >= 0.6 is 0 Å². The first kappa shape index (κ1) is 20.2. The van der Waals surface area contributed by atoms with Crippen LogP contribution in [0.4, 0.5) is 0 Å². The monoisotopic (exact) mass is 343 g/mol. The van der Waals surface area contributed by atoms with E-state index in [1.165, 1.54) is 0 Å². The summed E-state index contributed by atoms with van der Waals surface area (Å²) in [4.78, 5) is 23.8. The number of amides is 1. The van der Waals surface area contributed by atoms with Gasteiger partial charge in [-0.1, -0.05) is 20.8 Å². The average molecular weight is 344 g/mol. The number of ether oxygens (including phenoxy) is 1. The minimum atomic E-state index is -1.87. The molecule has 0 aliphatic carbocycles. The van der Waals surface area contributed by atoms with Gasteiger partial charge in [0, 0.05) is 12.3 Å². The predicted molar refractivity (Wildman–Crippen MR) is 93.6 cm³/mol. The molecule has 0 aromatic carbocycles. The first-order valence-corrected chi connectivity index (χ1v) is 11.3. The van der Waals surface area contributed by atoms with Gasteiger partial charge in [0.2, 0.25) is 5.91 Å². The van der Waals surface area contributed by atoms with Gasteiger partial charge in [-0.15, -0.1) is 0 Å². The minimum absolute atomic E-state index is 0.0117. The topological polar surface area (TPSA) is 64.6 Å². The van der Waals surface area contributed by atoms with Crippen molar-refractivity contribution in [2.75, 3.05) is 6.61 Å². The van der Waals surface area contributed by atoms with E-state index in [-0.39, 0.29) is 35.3 Å². The fourth-order valence-corrected chi connectivity index (χ4v) is 3.30. The number of carbonyl (C=O) groups excluding carboxylic acids is 2. The van der Waals surface area contributed by atoms with E-state index in [0.29, 0.717) is 13.0 Å². The fourth-order valence-electron chi connectivity index (χ4n) is 2.27. The molecule has 1 aliphatic rings. The van der Waals surface area contributed by atoms with Gasteiger partial charge in [-0.2, -0.15) is 0 Å². The molecule has 0 unspecified atom stereocenters. The highest BCUT2D eigenvalue weighted by molar-refractivity contribution is 6.74. The van der Waals surface area contributed by atoms with Crippen molar-refractivity contribution >= 4 is 20.2 Å². The van der Waals surface area contributed by atoms with Crippen LogP contribution in [0.3, 0.4) is 0 Å². The van der Waals surface area contributed by atoms with Gasteiger partial charge in [-0.3, -0.25) is 9.59 Å². The number of carbonyl (C=O) groups is 2. The molecule has 0 aromatic heterocycles. The van der Waals surface area contributed by atoms with Gasteiger partial charge in [-0.25, -0.2) is 0 Å². The van der Waals surface area contributed by atoms with Crippen LogP contribution in [0.25, 0.3) is 0 Å². The quantitative estimate of drug-likeness (QED) is 0.615. The first-order valence-electron chi connectivity index (χ1n) is 8.36. The van der Waals surface area contributed by atoms with Gasteiger partial charge in [0.05, 0.1) is 19.1 Å². The molecule has 5 nitrogen and oxygen atoms in total. The zero-order valence-electron chi connectivity index (χ0n) is 15.9. The molecule has 1 aliphatic heterocycles. The number of hydrogen-bond donors (Lipinski definition) is 1. The van der Waals surface area contributed by atoms with E-state index in [0.717, 1.165) is 0 Å². The van der Waals surface area contributed by atoms with Crippen molar-refractivity contribution in [1.29, 1.82) is 0 Å². The van der Waals surface area contributed by atoms with Crippen molar-refractivity contribution in [2.45, 2.75) is 84.2 Å². The second-order valence-electron chi connectivity index (χ2n) is 9.00. The maximum absolute atomic E-state index is 12.0. The molecule has 1 rings (SSSR count). The van der Waals surface area contributed by atoms with E-state index in [9.17, 15) is 9.59 Å². The van der Waals surface area contributed by atoms with Gasteiger partial charge in [0.25, 0.3) is 0 Å². The first-order chi connectivity index (χ1) is 10.2. The summed E-state index contributed by atoms with van der Waals surface area (Å²) in [5.41, 5.74) is -0.500. The minimum Gasteiger partial charge on any atom is -0.460 e. The smallest absolute Gasteiger partial charge is 0.306 e. The van der Waals surface area contributed by atoms with Crippen molar-refractivity contribution < 1.29 is 18.8 Å². The summed E-state index contributed by atoms with van der Waals surface area (Å²) in [6, 6.07) is -0.107. The Bertz CT molecular complexity index is 448. The van der Waals surface area contributed by atoms with Crippen LogP contribution < -0.4 is 5.32 Å². The normalized spacial score (nSPS) is 22.9. The molecule has 1 amide bonds. The van der Waals surface area contributed by atoms with Crippen LogP contribution in [0.15, 0.2) is 0 Å². The summed E-state index contributed by atoms with van der Waals surface area (Å²) in [6.07, 6.45) is 0.617. The van der Waals surface area contributed by atoms with Crippen molar-refractivity contribution in [3.8, 4) is 0 Å². The highest BCUT2D eigenvalue weighted by Gasteiger charge is 2.40. The molecule has 0 spiro atoms. The molecule has 2 atom stereocenters. The molecule has 1 fully saturated rings. The standard InChI is InChI=1S/C17H33NO4Si/c1-16(2,3)22-15(20)10-12-9-14(19)18-13(12)11-21-23(7,8)17(4,5)6/h12-13H,9-11H2,1-8H3,(H,18,19)/t12-,13-/m0/s1. The summed E-state index contributed by atoms with van der Waals surface area (Å²) in [7, 11) is -1.87. The summed E-state index contributed by atoms with van der Waals surface area (Å²) in [6.45, 7) is 16.9. The second-order valence-corrected chi connectivity index (χ2v) is 13.8. The molecule has 6 heteroatoms. The van der Waals surface area contributed by atoms with Crippen LogP contribution in [0.1, 0.15) is 54.4 Å². The summed E-state index contributed by atoms with van der Waals surface area (Å²) >= 11 is 0. The van der Waals surface area contributed by atoms with E-state index >= 15 is 0 Å². The lowest BCUT2D eigenvalue weighted by Gasteiger charge is -2.37. The van der Waals surface area contributed by atoms with E-state index < -0.39 is 13.9 Å². The Morgan fingerprint density at radius 1 is 1.22 bits per heavy atom. The number of hydrogen-bond acceptors (Lipinski definition) is 4. The van der Waals surface area contributed by atoms with Crippen molar-refractivity contribution in [2.24, 2.45) is 5.92 Å². The Balaban J connectivity index is 2.63. The lowest BCUT2D eigenvalue weighted by Crippen LogP contribution is -2.45. The van der Waals surface area contributed by atoms with Crippen LogP contribution in [0.2, 0.25) is 18.1 Å². The molecule has 134 valence electrons. The molecule has 0 saturated carbocycles. The fraction of sp³-hybridized carbons (Fsp3) is 0.882. The summed E-state index contributed by atoms with van der Waals surface area (Å²) < 4.78 is 11.6. The molecular weight excluding hydrogens is 310 g/mol. The molecule has 0 radical (unpaired) electrons. The van der Waals surface area contributed by atoms with Gasteiger partial charge in [-0.05, 0) is 38.9 Å². The maximum atomic E-state index is 12.0. The highest BCUT2D eigenvalue weighted by atomic mass is 28.4. The van der Waals surface area contributed by atoms with Crippen molar-refractivity contribution in [3.05, 3.63) is 0 Å². The Labute approximate surface area is 141 Å². The Kier molecular flexibility index (Phi) is 6.07. The van der Waals surface area contributed by atoms with Crippen LogP contribution in [0.5, 0.6) is 0 Å². The summed E-state index contributed by atoms with van der Waals surface area (Å²) in [5.74, 6) is -0.319. The lowest BCUT2D eigenvalue weighted by molar-refractivity contribution is -0.156. The van der Waals surface area contributed by atoms with E-state index in [4.69, 9.17) is 9.16 Å². The average Bonchev–Trinajstić information content (AvgIpc) is 2.62. The second kappa shape index (κ2) is 6.93. The maximum Gasteiger partial charge on any atom is 0.306 e. The molecule has 1 saturated heterocycles. The zero-order chi connectivity index (χ0) is 18.1. The van der Waals surface area contributed by atoms with Crippen molar-refractivity contribution in [1.82, 2.24) is 5.32 Å². The lowest BCUT2D eigenvalue weighted by atomic mass is 9.97. The highest BCUT2D eigenvalue weighted by Crippen LogP contribution is 2.37. The SMILES string of the molecule is CC(C)(C)OC(=O)C[C@@H]1CC(=O)N[C@H]1CO[Si](C)(C)C(C)(C)C. The Morgan fingerprint density at radius 2 is 1.78 bits per heavy atom. The number of nitrogens with one attached hydrogen (secondary N) is 1. The van der Waals surface area contributed by atoms with E-state index in [1.54, 1.807) is 0 Å². The molecule has 1 heterocycles. The third-order valence-corrected chi connectivity index (χ3v) is 9.14. The number of esters is 1. The molecule has 0 bridgehead atoms. The van der Waals surface area contributed by atoms with Crippen LogP contribution in [0, 0.1) is 5.92 Å². The Hall–Kier alpha value is -0.883. The Morgan fingerprint density at radius 3 is 2.26 bits per heavy atom. The zero-order valence-corrected chi connectivity index (χ0v) is 16.9. The van der Waals surface area contributed by atoms with Crippen molar-refractivity contribution in [3.63, 3.8) is 0 Å². The third kappa shape index (κ3) is 6.26. The van der Waals surface area contributed by atoms with Crippen LogP contribution in [-0.4, -0.2) is 38.4 Å². The van der Waals surface area contributed by atoms with Gasteiger partial charge in [0.15, 0.2) is 8.32 Å². The molecule has 0 aromatic rings. The van der Waals surface area contributed by atoms with E-state index in [2.05, 4.69) is 39.2 Å². The van der Waals surface area contributed by atoms with Gasteiger partial charge >= 0.3 is 5.97 Å². The van der Waals surface area contributed by atoms with Gasteiger partial charge in [0.1, 0.15) is 5.60 Å². The largest absolute Gasteiger partial charge is 0.460 e. The number of rotatable bonds is 5. The van der Waals surface area contributed by atoms with Crippen LogP contribution in [-0.2, 0) is 18.8 Å². The predicted octanol–water partition coefficient (Wildman–Crippen LogP) is 3.24. The van der Waals surface area contributed by atoms with Gasteiger partial charge < -0.3 is 14.5 Å². The molecule has 23 heavy (non-hydrogen) atoms. The molecule has 1 N–H and O–H groups in total. The molecular formula is C17H33NO4Si. The third-order valence-electron chi connectivity index (χ3n) is 4.64.